The Labute approximate surface area is 74.8 Å². The number of aliphatic imine (C=N–C) groups is 1. The lowest BCUT2D eigenvalue weighted by Gasteiger charge is -2.12. The molecule has 0 bridgehead atoms. The molecule has 0 aliphatic carbocycles. The van der Waals surface area contributed by atoms with Crippen molar-refractivity contribution in [1.29, 1.82) is 0 Å². The summed E-state index contributed by atoms with van der Waals surface area (Å²) in [6.45, 7) is 7.55. The van der Waals surface area contributed by atoms with Crippen LogP contribution < -0.4 is 11.1 Å². The van der Waals surface area contributed by atoms with Crippen molar-refractivity contribution in [2.45, 2.75) is 27.2 Å². The molecule has 0 fully saturated rings. The predicted octanol–water partition coefficient (Wildman–Crippen LogP) is 1.27. The smallest absolute Gasteiger partial charge is 0.0531 e. The first kappa shape index (κ1) is 11.2. The maximum atomic E-state index is 5.36. The normalized spacial score (nSPS) is 15.0. The van der Waals surface area contributed by atoms with Crippen LogP contribution in [0.2, 0.25) is 0 Å². The van der Waals surface area contributed by atoms with Crippen molar-refractivity contribution >= 4 is 5.71 Å². The molecule has 0 spiro atoms. The highest BCUT2D eigenvalue weighted by atomic mass is 14.9. The molecule has 1 heterocycles. The summed E-state index contributed by atoms with van der Waals surface area (Å²) in [7, 11) is 0. The molecule has 12 heavy (non-hydrogen) atoms. The number of nitrogens with zero attached hydrogens (tertiary/aromatic N) is 1. The molecule has 3 N–H and O–H groups in total. The van der Waals surface area contributed by atoms with Gasteiger partial charge in [0.15, 0.2) is 0 Å². The van der Waals surface area contributed by atoms with Crippen LogP contribution in [-0.4, -0.2) is 18.8 Å². The molecular formula is C9H19N3. The summed E-state index contributed by atoms with van der Waals surface area (Å²) in [5.41, 5.74) is 7.64. The van der Waals surface area contributed by atoms with Gasteiger partial charge in [0.2, 0.25) is 0 Å². The van der Waals surface area contributed by atoms with Crippen LogP contribution in [0.25, 0.3) is 0 Å². The lowest BCUT2D eigenvalue weighted by atomic mass is 10.2. The molecule has 1 rings (SSSR count). The Balaban J connectivity index is 0.000000561. The molecule has 0 aromatic carbocycles. The number of hydrogen-bond donors (Lipinski definition) is 2. The van der Waals surface area contributed by atoms with Crippen LogP contribution in [0.4, 0.5) is 0 Å². The summed E-state index contributed by atoms with van der Waals surface area (Å²) >= 11 is 0. The van der Waals surface area contributed by atoms with Gasteiger partial charge in [-0.15, -0.1) is 0 Å². The van der Waals surface area contributed by atoms with E-state index in [9.17, 15) is 0 Å². The number of rotatable bonds is 2. The van der Waals surface area contributed by atoms with Crippen molar-refractivity contribution in [2.75, 3.05) is 13.1 Å². The van der Waals surface area contributed by atoms with Gasteiger partial charge in [0.25, 0.3) is 0 Å². The van der Waals surface area contributed by atoms with Crippen molar-refractivity contribution in [3.63, 3.8) is 0 Å². The Morgan fingerprint density at radius 2 is 2.25 bits per heavy atom. The summed E-state index contributed by atoms with van der Waals surface area (Å²) in [6.07, 6.45) is 2.74. The highest BCUT2D eigenvalue weighted by molar-refractivity contribution is 5.87. The van der Waals surface area contributed by atoms with Crippen LogP contribution in [0.15, 0.2) is 16.9 Å². The molecule has 1 aliphatic heterocycles. The van der Waals surface area contributed by atoms with Crippen molar-refractivity contribution in [1.82, 2.24) is 5.32 Å². The lowest BCUT2D eigenvalue weighted by Crippen LogP contribution is -2.26. The van der Waals surface area contributed by atoms with Crippen LogP contribution in [0, 0.1) is 0 Å². The number of allylic oxidation sites excluding steroid dienone is 1. The standard InChI is InChI=1S/C7H13N3.C2H6/c1-6-4-10-7(2-3-8)5-9-6;1-2/h4,9H,2-3,5,8H2,1H3;1-2H3. The van der Waals surface area contributed by atoms with E-state index in [-0.39, 0.29) is 0 Å². The van der Waals surface area contributed by atoms with Gasteiger partial charge in [-0.1, -0.05) is 13.8 Å². The maximum absolute atomic E-state index is 5.36. The Kier molecular flexibility index (Phi) is 6.38. The van der Waals surface area contributed by atoms with Crippen LogP contribution in [0.1, 0.15) is 27.2 Å². The molecule has 3 heteroatoms. The van der Waals surface area contributed by atoms with Crippen LogP contribution >= 0.6 is 0 Å². The van der Waals surface area contributed by atoms with Crippen molar-refractivity contribution in [2.24, 2.45) is 10.7 Å². The molecule has 0 atom stereocenters. The molecule has 3 nitrogen and oxygen atoms in total. The lowest BCUT2D eigenvalue weighted by molar-refractivity contribution is 0.873. The Morgan fingerprint density at radius 1 is 1.58 bits per heavy atom. The summed E-state index contributed by atoms with van der Waals surface area (Å²) < 4.78 is 0. The van der Waals surface area contributed by atoms with Gasteiger partial charge in [-0.05, 0) is 19.9 Å². The Bertz CT molecular complexity index is 167. The zero-order valence-corrected chi connectivity index (χ0v) is 8.22. The first-order valence-corrected chi connectivity index (χ1v) is 4.49. The van der Waals surface area contributed by atoms with Gasteiger partial charge in [0, 0.05) is 17.6 Å². The fourth-order valence-corrected chi connectivity index (χ4v) is 0.840. The first-order chi connectivity index (χ1) is 5.83. The van der Waals surface area contributed by atoms with Crippen LogP contribution in [-0.2, 0) is 0 Å². The minimum Gasteiger partial charge on any atom is -0.382 e. The predicted molar refractivity (Wildman–Crippen MR) is 54.2 cm³/mol. The molecule has 0 radical (unpaired) electrons. The largest absolute Gasteiger partial charge is 0.382 e. The van der Waals surface area contributed by atoms with E-state index in [0.29, 0.717) is 6.54 Å². The highest BCUT2D eigenvalue weighted by Gasteiger charge is 2.01. The van der Waals surface area contributed by atoms with Crippen LogP contribution in [0.3, 0.4) is 0 Å². The number of nitrogens with two attached hydrogens (primary N) is 1. The molecule has 0 aromatic heterocycles. The Hall–Kier alpha value is -0.830. The van der Waals surface area contributed by atoms with Crippen LogP contribution in [0.5, 0.6) is 0 Å². The van der Waals surface area contributed by atoms with Gasteiger partial charge in [-0.3, -0.25) is 4.99 Å². The SMILES string of the molecule is CC.CC1=CN=C(CCN)CN1. The quantitative estimate of drug-likeness (QED) is 0.654. The molecule has 0 saturated heterocycles. The zero-order chi connectivity index (χ0) is 9.40. The van der Waals surface area contributed by atoms with E-state index in [1.807, 2.05) is 27.0 Å². The first-order valence-electron chi connectivity index (χ1n) is 4.49. The van der Waals surface area contributed by atoms with Gasteiger partial charge in [0.05, 0.1) is 6.54 Å². The molecule has 70 valence electrons. The molecule has 0 unspecified atom stereocenters. The fourth-order valence-electron chi connectivity index (χ4n) is 0.840. The van der Waals surface area contributed by atoms with Gasteiger partial charge < -0.3 is 11.1 Å². The third-order valence-corrected chi connectivity index (χ3v) is 1.44. The second kappa shape index (κ2) is 6.85. The minimum absolute atomic E-state index is 0.688. The number of nitrogens with one attached hydrogen (secondary N) is 1. The molecule has 1 aliphatic rings. The van der Waals surface area contributed by atoms with Crippen molar-refractivity contribution in [3.05, 3.63) is 11.9 Å². The van der Waals surface area contributed by atoms with E-state index in [1.54, 1.807) is 0 Å². The van der Waals surface area contributed by atoms with Gasteiger partial charge >= 0.3 is 0 Å². The monoisotopic (exact) mass is 169 g/mol. The second-order valence-corrected chi connectivity index (χ2v) is 2.40. The van der Waals surface area contributed by atoms with Crippen molar-refractivity contribution < 1.29 is 0 Å². The maximum Gasteiger partial charge on any atom is 0.0531 e. The molecule has 0 aromatic rings. The minimum atomic E-state index is 0.688. The third kappa shape index (κ3) is 4.13. The van der Waals surface area contributed by atoms with Gasteiger partial charge in [0.1, 0.15) is 0 Å². The van der Waals surface area contributed by atoms with E-state index < -0.39 is 0 Å². The molecular weight excluding hydrogens is 150 g/mol. The molecule has 0 amide bonds. The Morgan fingerprint density at radius 3 is 2.67 bits per heavy atom. The van der Waals surface area contributed by atoms with E-state index >= 15 is 0 Å². The third-order valence-electron chi connectivity index (χ3n) is 1.44. The van der Waals surface area contributed by atoms with E-state index in [2.05, 4.69) is 10.3 Å². The van der Waals surface area contributed by atoms with Gasteiger partial charge in [-0.2, -0.15) is 0 Å². The van der Waals surface area contributed by atoms with E-state index in [4.69, 9.17) is 5.73 Å². The molecule has 0 saturated carbocycles. The zero-order valence-electron chi connectivity index (χ0n) is 8.22. The fraction of sp³-hybridized carbons (Fsp3) is 0.667. The van der Waals surface area contributed by atoms with E-state index in [1.165, 1.54) is 0 Å². The summed E-state index contributed by atoms with van der Waals surface area (Å²) in [4.78, 5) is 4.21. The average Bonchev–Trinajstić information content (AvgIpc) is 2.13. The topological polar surface area (TPSA) is 50.4 Å². The number of hydrogen-bond acceptors (Lipinski definition) is 3. The van der Waals surface area contributed by atoms with Crippen molar-refractivity contribution in [3.8, 4) is 0 Å². The highest BCUT2D eigenvalue weighted by Crippen LogP contribution is 1.96. The van der Waals surface area contributed by atoms with Gasteiger partial charge in [-0.25, -0.2) is 0 Å². The van der Waals surface area contributed by atoms with E-state index in [0.717, 1.165) is 24.4 Å². The summed E-state index contributed by atoms with van der Waals surface area (Å²) in [5.74, 6) is 0. The second-order valence-electron chi connectivity index (χ2n) is 2.40. The summed E-state index contributed by atoms with van der Waals surface area (Å²) in [5, 5.41) is 3.19. The average molecular weight is 169 g/mol. The summed E-state index contributed by atoms with van der Waals surface area (Å²) in [6, 6.07) is 0.